The maximum atomic E-state index is 13.4. The molecule has 2 N–H and O–H groups in total. The lowest BCUT2D eigenvalue weighted by atomic mass is 10.1. The molecule has 1 saturated heterocycles. The molecule has 5 nitrogen and oxygen atoms in total. The summed E-state index contributed by atoms with van der Waals surface area (Å²) in [5.74, 6) is 1.22. The van der Waals surface area contributed by atoms with Crippen molar-refractivity contribution >= 4 is 21.7 Å². The smallest absolute Gasteiger partial charge is 0.150 e. The number of anilines is 1. The zero-order valence-electron chi connectivity index (χ0n) is 13.5. The lowest BCUT2D eigenvalue weighted by Gasteiger charge is -2.32. The van der Waals surface area contributed by atoms with E-state index in [9.17, 15) is 4.39 Å². The third-order valence-corrected chi connectivity index (χ3v) is 5.08. The van der Waals surface area contributed by atoms with E-state index in [-0.39, 0.29) is 11.9 Å². The number of aromatic nitrogens is 3. The Balaban J connectivity index is 1.38. The lowest BCUT2D eigenvalue weighted by molar-refractivity contribution is 0.169. The Morgan fingerprint density at radius 1 is 1.20 bits per heavy atom. The summed E-state index contributed by atoms with van der Waals surface area (Å²) in [6, 6.07) is 8.58. The Labute approximate surface area is 153 Å². The molecule has 0 radical (unpaired) electrons. The Kier molecular flexibility index (Phi) is 4.48. The van der Waals surface area contributed by atoms with Gasteiger partial charge in [-0.3, -0.25) is 5.10 Å². The Hall–Kier alpha value is -2.28. The van der Waals surface area contributed by atoms with Crippen LogP contribution in [0.2, 0.25) is 0 Å². The summed E-state index contributed by atoms with van der Waals surface area (Å²) >= 11 is 3.41. The molecule has 3 heterocycles. The number of hydrogen-bond acceptors (Lipinski definition) is 3. The monoisotopic (exact) mass is 404 g/mol. The normalized spacial score (nSPS) is 15.5. The maximum absolute atomic E-state index is 13.4. The van der Waals surface area contributed by atoms with Gasteiger partial charge in [-0.25, -0.2) is 4.39 Å². The molecule has 0 aliphatic carbocycles. The Morgan fingerprint density at radius 2 is 2.04 bits per heavy atom. The first-order chi connectivity index (χ1) is 12.2. The second-order valence-corrected chi connectivity index (χ2v) is 6.97. The molecule has 0 saturated carbocycles. The van der Waals surface area contributed by atoms with Crippen LogP contribution in [0.15, 0.2) is 47.2 Å². The summed E-state index contributed by atoms with van der Waals surface area (Å²) in [7, 11) is 0. The molecular weight excluding hydrogens is 387 g/mol. The Morgan fingerprint density at radius 3 is 2.80 bits per heavy atom. The number of H-pyrrole nitrogens is 2. The molecule has 4 rings (SSSR count). The molecule has 7 heteroatoms. The highest BCUT2D eigenvalue weighted by molar-refractivity contribution is 9.10. The summed E-state index contributed by atoms with van der Waals surface area (Å²) < 4.78 is 20.1. The number of hydrogen-bond donors (Lipinski definition) is 2. The minimum atomic E-state index is -0.288. The van der Waals surface area contributed by atoms with Gasteiger partial charge in [0.15, 0.2) is 5.82 Å². The minimum absolute atomic E-state index is 0.0810. The van der Waals surface area contributed by atoms with E-state index in [1.807, 2.05) is 18.5 Å². The van der Waals surface area contributed by atoms with Crippen LogP contribution >= 0.6 is 15.9 Å². The van der Waals surface area contributed by atoms with Gasteiger partial charge in [-0.1, -0.05) is 0 Å². The molecule has 3 aromatic rings. The fourth-order valence-electron chi connectivity index (χ4n) is 3.06. The minimum Gasteiger partial charge on any atom is -0.489 e. The average Bonchev–Trinajstić information content (AvgIpc) is 3.30. The van der Waals surface area contributed by atoms with Crippen molar-refractivity contribution in [2.45, 2.75) is 18.9 Å². The summed E-state index contributed by atoms with van der Waals surface area (Å²) in [4.78, 5) is 5.29. The fraction of sp³-hybridized carbons (Fsp3) is 0.278. The number of halogens is 2. The molecule has 1 fully saturated rings. The second kappa shape index (κ2) is 6.92. The quantitative estimate of drug-likeness (QED) is 0.679. The molecule has 1 aliphatic heterocycles. The predicted molar refractivity (Wildman–Crippen MR) is 98.3 cm³/mol. The highest BCUT2D eigenvalue weighted by Crippen LogP contribution is 2.29. The summed E-state index contributed by atoms with van der Waals surface area (Å²) in [6.07, 6.45) is 5.65. The summed E-state index contributed by atoms with van der Waals surface area (Å²) in [5, 5.41) is 7.50. The van der Waals surface area contributed by atoms with Crippen molar-refractivity contribution in [2.75, 3.05) is 18.0 Å². The number of rotatable bonds is 4. The summed E-state index contributed by atoms with van der Waals surface area (Å²) in [5.41, 5.74) is 2.09. The molecule has 130 valence electrons. The van der Waals surface area contributed by atoms with Crippen molar-refractivity contribution in [3.63, 3.8) is 0 Å². The van der Waals surface area contributed by atoms with E-state index in [4.69, 9.17) is 4.74 Å². The average molecular weight is 405 g/mol. The van der Waals surface area contributed by atoms with Gasteiger partial charge in [-0.05, 0) is 34.1 Å². The van der Waals surface area contributed by atoms with Crippen LogP contribution in [0.1, 0.15) is 12.8 Å². The zero-order chi connectivity index (χ0) is 17.2. The van der Waals surface area contributed by atoms with E-state index in [1.165, 1.54) is 12.1 Å². The van der Waals surface area contributed by atoms with Crippen molar-refractivity contribution in [3.05, 3.63) is 53.0 Å². The van der Waals surface area contributed by atoms with Gasteiger partial charge in [0, 0.05) is 56.0 Å². The van der Waals surface area contributed by atoms with E-state index in [1.54, 1.807) is 6.07 Å². The lowest BCUT2D eigenvalue weighted by Crippen LogP contribution is -2.38. The molecule has 25 heavy (non-hydrogen) atoms. The Bertz CT molecular complexity index is 841. The molecule has 0 atom stereocenters. The van der Waals surface area contributed by atoms with Crippen LogP contribution < -0.4 is 9.64 Å². The van der Waals surface area contributed by atoms with Gasteiger partial charge >= 0.3 is 0 Å². The van der Waals surface area contributed by atoms with Crippen LogP contribution in [-0.2, 0) is 0 Å². The number of benzene rings is 1. The van der Waals surface area contributed by atoms with Crippen LogP contribution in [0, 0.1) is 5.82 Å². The highest BCUT2D eigenvalue weighted by Gasteiger charge is 2.23. The fourth-order valence-corrected chi connectivity index (χ4v) is 3.40. The van der Waals surface area contributed by atoms with E-state index < -0.39 is 0 Å². The van der Waals surface area contributed by atoms with E-state index in [2.05, 4.69) is 42.1 Å². The van der Waals surface area contributed by atoms with Crippen LogP contribution in [-0.4, -0.2) is 34.4 Å². The molecular formula is C18H18BrFN4O. The number of ether oxygens (including phenoxy) is 1. The number of nitrogens with one attached hydrogen (secondary N) is 2. The van der Waals surface area contributed by atoms with Gasteiger partial charge in [0.2, 0.25) is 0 Å². The van der Waals surface area contributed by atoms with Gasteiger partial charge in [-0.15, -0.1) is 0 Å². The molecule has 1 aliphatic rings. The van der Waals surface area contributed by atoms with Crippen molar-refractivity contribution < 1.29 is 9.13 Å². The van der Waals surface area contributed by atoms with E-state index in [0.29, 0.717) is 5.75 Å². The molecule has 1 aromatic carbocycles. The predicted octanol–water partition coefficient (Wildman–Crippen LogP) is 4.35. The first-order valence-electron chi connectivity index (χ1n) is 8.24. The van der Waals surface area contributed by atoms with Gasteiger partial charge in [0.1, 0.15) is 17.7 Å². The number of aromatic amines is 2. The molecule has 0 amide bonds. The van der Waals surface area contributed by atoms with Gasteiger partial charge < -0.3 is 14.6 Å². The van der Waals surface area contributed by atoms with Crippen molar-refractivity contribution in [2.24, 2.45) is 0 Å². The topological polar surface area (TPSA) is 56.9 Å². The zero-order valence-corrected chi connectivity index (χ0v) is 15.1. The standard InChI is InChI=1S/C18H18BrFN4O/c19-15-2-1-13(20)9-17(15)25-14-4-7-24(8-5-14)18-10-16(22-23-18)12-3-6-21-11-12/h1-3,6,9-11,14,21H,4-5,7-8H2,(H,22,23). The van der Waals surface area contributed by atoms with Crippen molar-refractivity contribution in [3.8, 4) is 17.0 Å². The van der Waals surface area contributed by atoms with E-state index in [0.717, 1.165) is 47.5 Å². The SMILES string of the molecule is Fc1ccc(Br)c(OC2CCN(c3cc(-c4cc[nH]c4)[nH]n3)CC2)c1. The largest absolute Gasteiger partial charge is 0.489 e. The molecule has 0 spiro atoms. The van der Waals surface area contributed by atoms with Crippen LogP contribution in [0.3, 0.4) is 0 Å². The summed E-state index contributed by atoms with van der Waals surface area (Å²) in [6.45, 7) is 1.71. The van der Waals surface area contributed by atoms with Gasteiger partial charge in [0.25, 0.3) is 0 Å². The van der Waals surface area contributed by atoms with Crippen molar-refractivity contribution in [1.82, 2.24) is 15.2 Å². The number of nitrogens with zero attached hydrogens (tertiary/aromatic N) is 2. The maximum Gasteiger partial charge on any atom is 0.150 e. The van der Waals surface area contributed by atoms with Gasteiger partial charge in [-0.2, -0.15) is 5.10 Å². The van der Waals surface area contributed by atoms with Gasteiger partial charge in [0.05, 0.1) is 10.2 Å². The highest BCUT2D eigenvalue weighted by atomic mass is 79.9. The third kappa shape index (κ3) is 3.56. The first kappa shape index (κ1) is 16.2. The third-order valence-electron chi connectivity index (χ3n) is 4.43. The van der Waals surface area contributed by atoms with E-state index >= 15 is 0 Å². The van der Waals surface area contributed by atoms with Crippen LogP contribution in [0.25, 0.3) is 11.3 Å². The van der Waals surface area contributed by atoms with Crippen molar-refractivity contribution in [1.29, 1.82) is 0 Å². The van der Waals surface area contributed by atoms with Crippen LogP contribution in [0.4, 0.5) is 10.2 Å². The first-order valence-corrected chi connectivity index (χ1v) is 9.03. The number of piperidine rings is 1. The molecule has 0 unspecified atom stereocenters. The second-order valence-electron chi connectivity index (χ2n) is 6.12. The molecule has 0 bridgehead atoms. The molecule has 2 aromatic heterocycles. The van der Waals surface area contributed by atoms with Crippen LogP contribution in [0.5, 0.6) is 5.75 Å².